The van der Waals surface area contributed by atoms with E-state index in [9.17, 15) is 18.0 Å². The molecule has 0 aromatic heterocycles. The second-order valence-corrected chi connectivity index (χ2v) is 4.40. The van der Waals surface area contributed by atoms with Gasteiger partial charge in [-0.25, -0.2) is 18.0 Å². The van der Waals surface area contributed by atoms with Gasteiger partial charge in [0.2, 0.25) is 0 Å². The van der Waals surface area contributed by atoms with Crippen molar-refractivity contribution >= 4 is 23.0 Å². The van der Waals surface area contributed by atoms with Crippen LogP contribution in [0.15, 0.2) is 24.3 Å². The predicted molar refractivity (Wildman–Crippen MR) is 72.1 cm³/mol. The number of rotatable bonds is 3. The molecule has 0 aliphatic carbocycles. The minimum absolute atomic E-state index is 0.107. The summed E-state index contributed by atoms with van der Waals surface area (Å²) < 4.78 is 40.5. The number of nitrogens with one attached hydrogen (secondary N) is 1. The van der Waals surface area contributed by atoms with Crippen molar-refractivity contribution in [1.29, 1.82) is 0 Å². The maximum atomic E-state index is 13.7. The van der Waals surface area contributed by atoms with Gasteiger partial charge in [0, 0.05) is 6.07 Å². The molecule has 2 aromatic rings. The van der Waals surface area contributed by atoms with E-state index in [1.165, 1.54) is 6.92 Å². The number of carbonyl (C=O) groups is 1. The van der Waals surface area contributed by atoms with E-state index in [1.54, 1.807) is 0 Å². The van der Waals surface area contributed by atoms with Gasteiger partial charge in [0.25, 0.3) is 0 Å². The second kappa shape index (κ2) is 5.35. The largest absolute Gasteiger partial charge is 0.478 e. The zero-order chi connectivity index (χ0) is 15.7. The predicted octanol–water partition coefficient (Wildman–Crippen LogP) is 3.44. The molecule has 0 aliphatic heterocycles. The van der Waals surface area contributed by atoms with Gasteiger partial charge in [-0.2, -0.15) is 0 Å². The van der Waals surface area contributed by atoms with Crippen molar-refractivity contribution in [2.75, 3.05) is 11.1 Å². The number of hydrogen-bond donors (Lipinski definition) is 3. The fraction of sp³-hybridized carbons (Fsp3) is 0.0714. The van der Waals surface area contributed by atoms with E-state index in [1.807, 2.05) is 0 Å². The Morgan fingerprint density at radius 3 is 2.38 bits per heavy atom. The molecular weight excluding hydrogens is 285 g/mol. The van der Waals surface area contributed by atoms with Gasteiger partial charge in [-0.05, 0) is 30.7 Å². The summed E-state index contributed by atoms with van der Waals surface area (Å²) in [5.41, 5.74) is 3.94. The second-order valence-electron chi connectivity index (χ2n) is 4.40. The highest BCUT2D eigenvalue weighted by atomic mass is 19.1. The van der Waals surface area contributed by atoms with Crippen LogP contribution in [0.1, 0.15) is 15.9 Å². The van der Waals surface area contributed by atoms with Crippen molar-refractivity contribution in [3.63, 3.8) is 0 Å². The van der Waals surface area contributed by atoms with Gasteiger partial charge in [-0.3, -0.25) is 0 Å². The Morgan fingerprint density at radius 2 is 1.76 bits per heavy atom. The van der Waals surface area contributed by atoms with E-state index < -0.39 is 34.7 Å². The number of aromatic carboxylic acids is 1. The fourth-order valence-corrected chi connectivity index (χ4v) is 1.82. The molecule has 2 aromatic carbocycles. The van der Waals surface area contributed by atoms with Crippen LogP contribution in [0.2, 0.25) is 0 Å². The van der Waals surface area contributed by atoms with Crippen molar-refractivity contribution in [2.45, 2.75) is 6.92 Å². The molecule has 0 bridgehead atoms. The van der Waals surface area contributed by atoms with Crippen molar-refractivity contribution in [2.24, 2.45) is 0 Å². The van der Waals surface area contributed by atoms with E-state index >= 15 is 0 Å². The average molecular weight is 296 g/mol. The highest BCUT2D eigenvalue weighted by molar-refractivity contribution is 6.00. The van der Waals surface area contributed by atoms with Crippen LogP contribution in [-0.4, -0.2) is 11.1 Å². The van der Waals surface area contributed by atoms with Gasteiger partial charge in [-0.15, -0.1) is 0 Å². The van der Waals surface area contributed by atoms with Crippen molar-refractivity contribution in [3.8, 4) is 0 Å². The van der Waals surface area contributed by atoms with Gasteiger partial charge < -0.3 is 16.2 Å². The number of nitrogens with two attached hydrogens (primary N) is 1. The first-order valence-corrected chi connectivity index (χ1v) is 5.85. The van der Waals surface area contributed by atoms with Crippen molar-refractivity contribution in [1.82, 2.24) is 0 Å². The van der Waals surface area contributed by atoms with Crippen molar-refractivity contribution in [3.05, 3.63) is 52.8 Å². The normalized spacial score (nSPS) is 10.5. The van der Waals surface area contributed by atoms with Crippen LogP contribution in [0.25, 0.3) is 0 Å². The number of halogens is 3. The van der Waals surface area contributed by atoms with Crippen molar-refractivity contribution < 1.29 is 23.1 Å². The summed E-state index contributed by atoms with van der Waals surface area (Å²) in [6.45, 7) is 1.39. The zero-order valence-corrected chi connectivity index (χ0v) is 10.9. The minimum Gasteiger partial charge on any atom is -0.478 e. The Morgan fingerprint density at radius 1 is 1.10 bits per heavy atom. The van der Waals surface area contributed by atoms with Crippen LogP contribution in [0.4, 0.5) is 30.2 Å². The number of benzene rings is 2. The monoisotopic (exact) mass is 296 g/mol. The summed E-state index contributed by atoms with van der Waals surface area (Å²) in [6.07, 6.45) is 0. The van der Waals surface area contributed by atoms with Crippen LogP contribution in [0.5, 0.6) is 0 Å². The van der Waals surface area contributed by atoms with Gasteiger partial charge in [-0.1, -0.05) is 0 Å². The lowest BCUT2D eigenvalue weighted by Gasteiger charge is -2.13. The lowest BCUT2D eigenvalue weighted by Crippen LogP contribution is -2.09. The number of hydrogen-bond acceptors (Lipinski definition) is 3. The molecule has 0 fully saturated rings. The number of carboxylic acids is 1. The molecular formula is C14H11F3N2O2. The highest BCUT2D eigenvalue weighted by Gasteiger charge is 2.19. The van der Waals surface area contributed by atoms with E-state index in [0.717, 1.165) is 24.3 Å². The van der Waals surface area contributed by atoms with E-state index in [-0.39, 0.29) is 16.9 Å². The van der Waals surface area contributed by atoms with Gasteiger partial charge in [0.05, 0.1) is 17.1 Å². The Hall–Kier alpha value is -2.70. The molecule has 0 radical (unpaired) electrons. The Labute approximate surface area is 118 Å². The Kier molecular flexibility index (Phi) is 3.75. The summed E-state index contributed by atoms with van der Waals surface area (Å²) in [4.78, 5) is 11.1. The van der Waals surface area contributed by atoms with Gasteiger partial charge in [0.1, 0.15) is 23.0 Å². The van der Waals surface area contributed by atoms with Crippen LogP contribution in [0.3, 0.4) is 0 Å². The molecule has 0 saturated carbocycles. The Bertz CT molecular complexity index is 733. The first-order valence-electron chi connectivity index (χ1n) is 5.85. The molecule has 0 saturated heterocycles. The third kappa shape index (κ3) is 2.76. The lowest BCUT2D eigenvalue weighted by atomic mass is 10.1. The molecule has 4 nitrogen and oxygen atoms in total. The fourth-order valence-electron chi connectivity index (χ4n) is 1.82. The molecule has 110 valence electrons. The summed E-state index contributed by atoms with van der Waals surface area (Å²) in [6, 6.07) is 3.87. The first-order chi connectivity index (χ1) is 9.81. The molecule has 4 N–H and O–H groups in total. The highest BCUT2D eigenvalue weighted by Crippen LogP contribution is 2.29. The number of anilines is 3. The minimum atomic E-state index is -1.48. The summed E-state index contributed by atoms with van der Waals surface area (Å²) in [5.74, 6) is -3.82. The van der Waals surface area contributed by atoms with Gasteiger partial charge >= 0.3 is 5.97 Å². The maximum absolute atomic E-state index is 13.7. The summed E-state index contributed by atoms with van der Waals surface area (Å²) in [5, 5.41) is 11.5. The first kappa shape index (κ1) is 14.7. The molecule has 0 amide bonds. The number of aryl methyl sites for hydroxylation is 1. The third-order valence-electron chi connectivity index (χ3n) is 2.92. The Balaban J connectivity index is 2.52. The number of nitrogen functional groups attached to an aromatic ring is 1. The van der Waals surface area contributed by atoms with E-state index in [4.69, 9.17) is 10.8 Å². The van der Waals surface area contributed by atoms with Crippen LogP contribution >= 0.6 is 0 Å². The maximum Gasteiger partial charge on any atom is 0.340 e. The standard InChI is InChI=1S/C14H11F3N2O2/c1-6-4-9(17)11(5-8(6)16)19-10-3-2-7(15)13(18)12(10)14(20)21/h2-5,19H,18H2,1H3,(H,20,21). The zero-order valence-electron chi connectivity index (χ0n) is 10.9. The summed E-state index contributed by atoms with van der Waals surface area (Å²) in [7, 11) is 0. The molecule has 0 aliphatic rings. The third-order valence-corrected chi connectivity index (χ3v) is 2.92. The molecule has 0 heterocycles. The molecule has 0 spiro atoms. The smallest absolute Gasteiger partial charge is 0.340 e. The lowest BCUT2D eigenvalue weighted by molar-refractivity contribution is 0.0698. The summed E-state index contributed by atoms with van der Waals surface area (Å²) >= 11 is 0. The topological polar surface area (TPSA) is 75.3 Å². The van der Waals surface area contributed by atoms with Crippen LogP contribution in [-0.2, 0) is 0 Å². The van der Waals surface area contributed by atoms with Crippen LogP contribution in [0, 0.1) is 24.4 Å². The molecule has 0 atom stereocenters. The van der Waals surface area contributed by atoms with Crippen LogP contribution < -0.4 is 11.1 Å². The number of carboxylic acid groups (broad SMARTS) is 1. The molecule has 21 heavy (non-hydrogen) atoms. The molecule has 0 unspecified atom stereocenters. The van der Waals surface area contributed by atoms with E-state index in [2.05, 4.69) is 5.32 Å². The average Bonchev–Trinajstić information content (AvgIpc) is 2.40. The SMILES string of the molecule is Cc1cc(F)c(Nc2ccc(F)c(N)c2C(=O)O)cc1F. The van der Waals surface area contributed by atoms with Gasteiger partial charge in [0.15, 0.2) is 0 Å². The molecule has 2 rings (SSSR count). The quantitative estimate of drug-likeness (QED) is 0.758. The molecule has 7 heteroatoms. The van der Waals surface area contributed by atoms with E-state index in [0.29, 0.717) is 0 Å².